The Kier molecular flexibility index (Phi) is 6.38. The minimum atomic E-state index is -0.391. The van der Waals surface area contributed by atoms with Crippen LogP contribution in [0, 0.1) is 5.82 Å². The molecule has 2 aromatic carbocycles. The molecule has 1 aromatic heterocycles. The molecule has 4 nitrogen and oxygen atoms in total. The van der Waals surface area contributed by atoms with Crippen molar-refractivity contribution in [3.8, 4) is 11.3 Å². The lowest BCUT2D eigenvalue weighted by Gasteiger charge is -1.99. The van der Waals surface area contributed by atoms with Crippen molar-refractivity contribution in [1.82, 2.24) is 10.4 Å². The summed E-state index contributed by atoms with van der Waals surface area (Å²) in [6.45, 7) is 0. The highest BCUT2D eigenvalue weighted by atomic mass is 35.5. The molecule has 1 amide bonds. The molecule has 0 atom stereocenters. The highest BCUT2D eigenvalue weighted by Crippen LogP contribution is 2.28. The van der Waals surface area contributed by atoms with Crippen LogP contribution in [-0.4, -0.2) is 22.9 Å². The Morgan fingerprint density at radius 3 is 2.81 bits per heavy atom. The average Bonchev–Trinajstić information content (AvgIpc) is 3.11. The van der Waals surface area contributed by atoms with E-state index < -0.39 is 5.82 Å². The smallest absolute Gasteiger partial charge is 0.250 e. The van der Waals surface area contributed by atoms with Crippen molar-refractivity contribution in [3.63, 3.8) is 0 Å². The molecule has 0 unspecified atom stereocenters. The fourth-order valence-electron chi connectivity index (χ4n) is 1.99. The van der Waals surface area contributed by atoms with Crippen LogP contribution in [0.3, 0.4) is 0 Å². The van der Waals surface area contributed by atoms with E-state index >= 15 is 0 Å². The minimum Gasteiger partial charge on any atom is -0.272 e. The molecule has 26 heavy (non-hydrogen) atoms. The van der Waals surface area contributed by atoms with Gasteiger partial charge in [-0.15, -0.1) is 11.3 Å². The number of rotatable bonds is 6. The van der Waals surface area contributed by atoms with E-state index in [4.69, 9.17) is 11.6 Å². The molecule has 0 aliphatic rings. The summed E-state index contributed by atoms with van der Waals surface area (Å²) in [7, 11) is 0. The predicted molar refractivity (Wildman–Crippen MR) is 105 cm³/mol. The highest BCUT2D eigenvalue weighted by molar-refractivity contribution is 8.01. The lowest BCUT2D eigenvalue weighted by atomic mass is 10.2. The lowest BCUT2D eigenvalue weighted by molar-refractivity contribution is -0.118. The van der Waals surface area contributed by atoms with Crippen LogP contribution < -0.4 is 5.43 Å². The van der Waals surface area contributed by atoms with Gasteiger partial charge in [-0.25, -0.2) is 14.8 Å². The molecule has 1 heterocycles. The second-order valence-corrected chi connectivity index (χ2v) is 7.63. The van der Waals surface area contributed by atoms with Crippen LogP contribution in [0.5, 0.6) is 0 Å². The minimum absolute atomic E-state index is 0.169. The van der Waals surface area contributed by atoms with Crippen LogP contribution in [0.1, 0.15) is 5.56 Å². The first-order valence-electron chi connectivity index (χ1n) is 7.52. The van der Waals surface area contributed by atoms with Crippen molar-refractivity contribution in [1.29, 1.82) is 0 Å². The Morgan fingerprint density at radius 2 is 2.04 bits per heavy atom. The van der Waals surface area contributed by atoms with Crippen molar-refractivity contribution in [2.75, 3.05) is 5.75 Å². The summed E-state index contributed by atoms with van der Waals surface area (Å²) in [5.41, 5.74) is 4.50. The number of benzene rings is 2. The number of nitrogens with zero attached hydrogens (tertiary/aromatic N) is 2. The Balaban J connectivity index is 1.50. The Morgan fingerprint density at radius 1 is 1.27 bits per heavy atom. The maximum Gasteiger partial charge on any atom is 0.250 e. The second-order valence-electron chi connectivity index (χ2n) is 5.11. The standard InChI is InChI=1S/C18H13ClFN3OS2/c19-14-7-5-12(6-8-14)16-10-25-18(22-16)26-11-17(24)23-21-9-13-3-1-2-4-15(13)20/h1-10H,11H2,(H,23,24)/b21-9+. The molecule has 0 fully saturated rings. The van der Waals surface area contributed by atoms with Gasteiger partial charge in [-0.05, 0) is 18.2 Å². The molecular weight excluding hydrogens is 393 g/mol. The molecular formula is C18H13ClFN3OS2. The van der Waals surface area contributed by atoms with E-state index in [0.717, 1.165) is 15.6 Å². The van der Waals surface area contributed by atoms with Gasteiger partial charge in [0.25, 0.3) is 5.91 Å². The monoisotopic (exact) mass is 405 g/mol. The largest absolute Gasteiger partial charge is 0.272 e. The second kappa shape index (κ2) is 8.93. The first kappa shape index (κ1) is 18.6. The fraction of sp³-hybridized carbons (Fsp3) is 0.0556. The quantitative estimate of drug-likeness (QED) is 0.362. The molecule has 3 aromatic rings. The van der Waals surface area contributed by atoms with Crippen LogP contribution in [0.4, 0.5) is 4.39 Å². The van der Waals surface area contributed by atoms with E-state index in [1.165, 1.54) is 35.4 Å². The molecule has 3 rings (SSSR count). The summed E-state index contributed by atoms with van der Waals surface area (Å²) in [6, 6.07) is 13.6. The van der Waals surface area contributed by atoms with Crippen molar-refractivity contribution in [3.05, 3.63) is 70.3 Å². The summed E-state index contributed by atoms with van der Waals surface area (Å²) in [6.07, 6.45) is 1.28. The third kappa shape index (κ3) is 5.14. The summed E-state index contributed by atoms with van der Waals surface area (Å²) in [4.78, 5) is 16.3. The summed E-state index contributed by atoms with van der Waals surface area (Å²) in [5.74, 6) is -0.509. The fourth-order valence-corrected chi connectivity index (χ4v) is 3.74. The number of amides is 1. The molecule has 0 aliphatic carbocycles. The van der Waals surface area contributed by atoms with Gasteiger partial charge in [-0.2, -0.15) is 5.10 Å². The normalized spacial score (nSPS) is 11.0. The van der Waals surface area contributed by atoms with E-state index in [0.29, 0.717) is 10.6 Å². The molecule has 0 radical (unpaired) electrons. The highest BCUT2D eigenvalue weighted by Gasteiger charge is 2.08. The number of halogens is 2. The maximum absolute atomic E-state index is 13.4. The molecule has 132 valence electrons. The number of hydrogen-bond donors (Lipinski definition) is 1. The zero-order chi connectivity index (χ0) is 18.4. The van der Waals surface area contributed by atoms with E-state index in [-0.39, 0.29) is 11.7 Å². The Hall–Kier alpha value is -2.22. The molecule has 0 spiro atoms. The van der Waals surface area contributed by atoms with Crippen molar-refractivity contribution in [2.24, 2.45) is 5.10 Å². The summed E-state index contributed by atoms with van der Waals surface area (Å²) >= 11 is 8.66. The summed E-state index contributed by atoms with van der Waals surface area (Å²) in [5, 5.41) is 6.37. The number of carbonyl (C=O) groups is 1. The molecule has 0 aliphatic heterocycles. The lowest BCUT2D eigenvalue weighted by Crippen LogP contribution is -2.19. The number of thiazole rings is 1. The Bertz CT molecular complexity index is 928. The Labute approximate surface area is 163 Å². The van der Waals surface area contributed by atoms with Gasteiger partial charge in [-0.3, -0.25) is 4.79 Å². The van der Waals surface area contributed by atoms with Gasteiger partial charge < -0.3 is 0 Å². The molecule has 0 saturated carbocycles. The molecule has 0 bridgehead atoms. The van der Waals surface area contributed by atoms with Crippen LogP contribution in [0.25, 0.3) is 11.3 Å². The topological polar surface area (TPSA) is 54.4 Å². The zero-order valence-electron chi connectivity index (χ0n) is 13.4. The summed E-state index contributed by atoms with van der Waals surface area (Å²) < 4.78 is 14.2. The van der Waals surface area contributed by atoms with E-state index in [9.17, 15) is 9.18 Å². The van der Waals surface area contributed by atoms with Gasteiger partial charge in [0.1, 0.15) is 5.82 Å². The first-order valence-corrected chi connectivity index (χ1v) is 9.77. The third-order valence-corrected chi connectivity index (χ3v) is 5.52. The van der Waals surface area contributed by atoms with Gasteiger partial charge in [-0.1, -0.05) is 53.7 Å². The molecule has 8 heteroatoms. The van der Waals surface area contributed by atoms with Gasteiger partial charge in [0.05, 0.1) is 17.7 Å². The van der Waals surface area contributed by atoms with Crippen molar-refractivity contribution < 1.29 is 9.18 Å². The van der Waals surface area contributed by atoms with E-state index in [1.54, 1.807) is 18.2 Å². The molecule has 0 saturated heterocycles. The van der Waals surface area contributed by atoms with Gasteiger partial charge in [0, 0.05) is 21.5 Å². The van der Waals surface area contributed by atoms with E-state index in [2.05, 4.69) is 15.5 Å². The average molecular weight is 406 g/mol. The van der Waals surface area contributed by atoms with Gasteiger partial charge in [0.15, 0.2) is 4.34 Å². The van der Waals surface area contributed by atoms with Crippen molar-refractivity contribution >= 4 is 46.8 Å². The van der Waals surface area contributed by atoms with Crippen LogP contribution >= 0.6 is 34.7 Å². The number of carbonyl (C=O) groups excluding carboxylic acids is 1. The van der Waals surface area contributed by atoms with Crippen molar-refractivity contribution in [2.45, 2.75) is 4.34 Å². The van der Waals surface area contributed by atoms with Gasteiger partial charge >= 0.3 is 0 Å². The van der Waals surface area contributed by atoms with Gasteiger partial charge in [0.2, 0.25) is 0 Å². The SMILES string of the molecule is O=C(CSc1nc(-c2ccc(Cl)cc2)cs1)N/N=C/c1ccccc1F. The molecule has 1 N–H and O–H groups in total. The van der Waals surface area contributed by atoms with Crippen LogP contribution in [-0.2, 0) is 4.79 Å². The predicted octanol–water partition coefficient (Wildman–Crippen LogP) is 4.85. The van der Waals surface area contributed by atoms with Crippen LogP contribution in [0.2, 0.25) is 5.02 Å². The first-order chi connectivity index (χ1) is 12.6. The number of nitrogens with one attached hydrogen (secondary N) is 1. The number of thioether (sulfide) groups is 1. The zero-order valence-corrected chi connectivity index (χ0v) is 15.7. The number of hydrogen-bond acceptors (Lipinski definition) is 5. The maximum atomic E-state index is 13.4. The number of hydrazone groups is 1. The van der Waals surface area contributed by atoms with Crippen LogP contribution in [0.15, 0.2) is 63.4 Å². The number of aromatic nitrogens is 1. The van der Waals surface area contributed by atoms with E-state index in [1.807, 2.05) is 29.6 Å². The third-order valence-electron chi connectivity index (χ3n) is 3.25.